The van der Waals surface area contributed by atoms with Crippen LogP contribution in [0.4, 0.5) is 0 Å². The maximum absolute atomic E-state index is 4.32. The number of fused-ring (bicyclic) bond motifs is 2. The van der Waals surface area contributed by atoms with Gasteiger partial charge in [-0.1, -0.05) is 54.6 Å². The zero-order valence-corrected chi connectivity index (χ0v) is 17.5. The van der Waals surface area contributed by atoms with Gasteiger partial charge in [0.05, 0.1) is 0 Å². The molecule has 6 atom stereocenters. The predicted octanol–water partition coefficient (Wildman–Crippen LogP) is 6.47. The Morgan fingerprint density at radius 2 is 1.25 bits per heavy atom. The second-order valence-corrected chi connectivity index (χ2v) is 10.5. The van der Waals surface area contributed by atoms with E-state index in [9.17, 15) is 0 Å². The van der Waals surface area contributed by atoms with Gasteiger partial charge in [-0.05, 0) is 92.4 Å². The fourth-order valence-electron chi connectivity index (χ4n) is 7.39. The average Bonchev–Trinajstić information content (AvgIpc) is 3.40. The van der Waals surface area contributed by atoms with Crippen molar-refractivity contribution in [2.45, 2.75) is 57.9 Å². The van der Waals surface area contributed by atoms with Crippen molar-refractivity contribution < 1.29 is 0 Å². The lowest BCUT2D eigenvalue weighted by molar-refractivity contribution is 0.151. The molecule has 1 heteroatoms. The van der Waals surface area contributed by atoms with Gasteiger partial charge in [-0.25, -0.2) is 0 Å². The first kappa shape index (κ1) is 18.7. The number of benzene rings is 1. The molecular formula is C27H37N. The van der Waals surface area contributed by atoms with Crippen molar-refractivity contribution in [3.63, 3.8) is 0 Å². The van der Waals surface area contributed by atoms with Crippen molar-refractivity contribution in [2.24, 2.45) is 35.5 Å². The van der Waals surface area contributed by atoms with Gasteiger partial charge in [0.2, 0.25) is 0 Å². The molecule has 0 heterocycles. The third kappa shape index (κ3) is 3.75. The summed E-state index contributed by atoms with van der Waals surface area (Å²) in [5, 5.41) is 0. The molecule has 1 aromatic carbocycles. The monoisotopic (exact) mass is 375 g/mol. The second kappa shape index (κ2) is 7.82. The van der Waals surface area contributed by atoms with E-state index in [2.05, 4.69) is 48.4 Å². The molecule has 0 N–H and O–H groups in total. The SMILES string of the molecule is C=C1CC2CCC(CN(Cc3ccccc3)CC3CCC4CC(=C)C[C@@H]43)[C@H]2C1. The van der Waals surface area contributed by atoms with Gasteiger partial charge in [-0.15, -0.1) is 0 Å². The van der Waals surface area contributed by atoms with Crippen LogP contribution < -0.4 is 0 Å². The number of hydrogen-bond acceptors (Lipinski definition) is 1. The highest BCUT2D eigenvalue weighted by atomic mass is 15.1. The van der Waals surface area contributed by atoms with Gasteiger partial charge in [-0.2, -0.15) is 0 Å². The minimum atomic E-state index is 0.892. The summed E-state index contributed by atoms with van der Waals surface area (Å²) < 4.78 is 0. The Bertz CT molecular complexity index is 677. The summed E-state index contributed by atoms with van der Waals surface area (Å²) in [6.45, 7) is 12.4. The molecule has 1 nitrogen and oxygen atoms in total. The van der Waals surface area contributed by atoms with E-state index < -0.39 is 0 Å². The Morgan fingerprint density at radius 1 is 0.714 bits per heavy atom. The van der Waals surface area contributed by atoms with Crippen LogP contribution in [0.2, 0.25) is 0 Å². The molecule has 4 aliphatic rings. The summed E-state index contributed by atoms with van der Waals surface area (Å²) >= 11 is 0. The van der Waals surface area contributed by atoms with Gasteiger partial charge in [0, 0.05) is 19.6 Å². The minimum absolute atomic E-state index is 0.892. The average molecular weight is 376 g/mol. The first-order valence-corrected chi connectivity index (χ1v) is 11.8. The van der Waals surface area contributed by atoms with Gasteiger partial charge in [0.15, 0.2) is 0 Å². The van der Waals surface area contributed by atoms with Gasteiger partial charge in [0.1, 0.15) is 0 Å². The van der Waals surface area contributed by atoms with E-state index in [1.165, 1.54) is 81.2 Å². The molecule has 150 valence electrons. The van der Waals surface area contributed by atoms with Gasteiger partial charge >= 0.3 is 0 Å². The molecule has 0 bridgehead atoms. The maximum atomic E-state index is 4.32. The van der Waals surface area contributed by atoms with Crippen LogP contribution in [0.3, 0.4) is 0 Å². The summed E-state index contributed by atoms with van der Waals surface area (Å²) in [5.41, 5.74) is 4.54. The van der Waals surface area contributed by atoms with Crippen LogP contribution in [0.5, 0.6) is 0 Å². The standard InChI is InChI=1S/C27H37N/c1-19-12-22-8-10-24(26(22)14-19)17-28(16-21-6-4-3-5-7-21)18-25-11-9-23-13-20(2)15-27(23)25/h3-7,22-27H,1-2,8-18H2/t22?,23?,24?,25?,26-,27-/m0/s1. The molecule has 0 aromatic heterocycles. The Kier molecular flexibility index (Phi) is 5.22. The van der Waals surface area contributed by atoms with Gasteiger partial charge < -0.3 is 0 Å². The molecule has 5 rings (SSSR count). The van der Waals surface area contributed by atoms with E-state index in [4.69, 9.17) is 0 Å². The van der Waals surface area contributed by atoms with E-state index in [0.717, 1.165) is 42.1 Å². The van der Waals surface area contributed by atoms with Gasteiger partial charge in [0.25, 0.3) is 0 Å². The Balaban J connectivity index is 1.29. The van der Waals surface area contributed by atoms with E-state index in [-0.39, 0.29) is 0 Å². The number of hydrogen-bond donors (Lipinski definition) is 0. The van der Waals surface area contributed by atoms with E-state index in [1.807, 2.05) is 0 Å². The largest absolute Gasteiger partial charge is 0.299 e. The number of allylic oxidation sites excluding steroid dienone is 2. The third-order valence-electron chi connectivity index (χ3n) is 8.62. The van der Waals surface area contributed by atoms with Crippen LogP contribution in [0.25, 0.3) is 0 Å². The van der Waals surface area contributed by atoms with Crippen LogP contribution in [0, 0.1) is 35.5 Å². The lowest BCUT2D eigenvalue weighted by Gasteiger charge is -2.32. The van der Waals surface area contributed by atoms with Crippen LogP contribution in [-0.4, -0.2) is 18.0 Å². The molecule has 28 heavy (non-hydrogen) atoms. The molecule has 4 saturated carbocycles. The highest BCUT2D eigenvalue weighted by Crippen LogP contribution is 2.51. The van der Waals surface area contributed by atoms with Crippen LogP contribution in [0.15, 0.2) is 54.6 Å². The smallest absolute Gasteiger partial charge is 0.0233 e. The van der Waals surface area contributed by atoms with Crippen molar-refractivity contribution in [2.75, 3.05) is 13.1 Å². The van der Waals surface area contributed by atoms with Crippen molar-refractivity contribution in [3.05, 3.63) is 60.2 Å². The molecule has 0 amide bonds. The zero-order valence-electron chi connectivity index (χ0n) is 17.5. The lowest BCUT2D eigenvalue weighted by Crippen LogP contribution is -2.36. The quantitative estimate of drug-likeness (QED) is 0.515. The predicted molar refractivity (Wildman–Crippen MR) is 118 cm³/mol. The van der Waals surface area contributed by atoms with E-state index in [0.29, 0.717) is 0 Å². The molecule has 0 radical (unpaired) electrons. The number of nitrogens with zero attached hydrogens (tertiary/aromatic N) is 1. The second-order valence-electron chi connectivity index (χ2n) is 10.5. The van der Waals surface area contributed by atoms with Crippen LogP contribution >= 0.6 is 0 Å². The molecule has 0 saturated heterocycles. The summed E-state index contributed by atoms with van der Waals surface area (Å²) in [4.78, 5) is 2.84. The minimum Gasteiger partial charge on any atom is -0.299 e. The fourth-order valence-corrected chi connectivity index (χ4v) is 7.39. The van der Waals surface area contributed by atoms with Gasteiger partial charge in [-0.3, -0.25) is 4.90 Å². The lowest BCUT2D eigenvalue weighted by atomic mass is 9.89. The van der Waals surface area contributed by atoms with Crippen molar-refractivity contribution in [3.8, 4) is 0 Å². The van der Waals surface area contributed by atoms with Crippen LogP contribution in [0.1, 0.15) is 56.9 Å². The van der Waals surface area contributed by atoms with E-state index in [1.54, 1.807) is 0 Å². The molecule has 1 aromatic rings. The molecular weight excluding hydrogens is 338 g/mol. The van der Waals surface area contributed by atoms with Crippen molar-refractivity contribution in [1.82, 2.24) is 4.90 Å². The van der Waals surface area contributed by atoms with Crippen molar-refractivity contribution >= 4 is 0 Å². The zero-order chi connectivity index (χ0) is 19.1. The molecule has 0 aliphatic heterocycles. The highest BCUT2D eigenvalue weighted by Gasteiger charge is 2.43. The van der Waals surface area contributed by atoms with Crippen LogP contribution in [-0.2, 0) is 6.54 Å². The fraction of sp³-hybridized carbons (Fsp3) is 0.630. The first-order valence-electron chi connectivity index (χ1n) is 11.8. The Labute approximate surface area is 171 Å². The summed E-state index contributed by atoms with van der Waals surface area (Å²) in [7, 11) is 0. The Hall–Kier alpha value is -1.34. The molecule has 4 unspecified atom stereocenters. The van der Waals surface area contributed by atoms with E-state index >= 15 is 0 Å². The normalized spacial score (nSPS) is 37.0. The first-order chi connectivity index (χ1) is 13.7. The topological polar surface area (TPSA) is 3.24 Å². The summed E-state index contributed by atoms with van der Waals surface area (Å²) in [6, 6.07) is 11.2. The molecule has 4 aliphatic carbocycles. The highest BCUT2D eigenvalue weighted by molar-refractivity contribution is 5.15. The third-order valence-corrected chi connectivity index (χ3v) is 8.62. The maximum Gasteiger partial charge on any atom is 0.0233 e. The summed E-state index contributed by atoms with van der Waals surface area (Å²) in [5.74, 6) is 5.53. The summed E-state index contributed by atoms with van der Waals surface area (Å²) in [6.07, 6.45) is 11.0. The number of rotatable bonds is 6. The molecule has 4 fully saturated rings. The Morgan fingerprint density at radius 3 is 1.79 bits per heavy atom. The van der Waals surface area contributed by atoms with Crippen molar-refractivity contribution in [1.29, 1.82) is 0 Å². The molecule has 0 spiro atoms.